The molecule has 0 radical (unpaired) electrons. The van der Waals surface area contributed by atoms with Gasteiger partial charge in [0.15, 0.2) is 0 Å². The van der Waals surface area contributed by atoms with Gasteiger partial charge in [-0.3, -0.25) is 4.79 Å². The number of methoxy groups -OCH3 is 1. The van der Waals surface area contributed by atoms with Gasteiger partial charge in [-0.2, -0.15) is 0 Å². The first-order valence-electron chi connectivity index (χ1n) is 7.46. The highest BCUT2D eigenvalue weighted by Gasteiger charge is 2.41. The molecule has 0 aromatic heterocycles. The second kappa shape index (κ2) is 7.18. The summed E-state index contributed by atoms with van der Waals surface area (Å²) in [4.78, 5) is 13.0. The van der Waals surface area contributed by atoms with Crippen molar-refractivity contribution in [1.29, 1.82) is 0 Å². The number of nitrogens with two attached hydrogens (primary N) is 1. The smallest absolute Gasteiger partial charge is 0.237 e. The van der Waals surface area contributed by atoms with Crippen LogP contribution in [0.2, 0.25) is 0 Å². The first kappa shape index (κ1) is 16.2. The van der Waals surface area contributed by atoms with E-state index in [0.29, 0.717) is 5.25 Å². The highest BCUT2D eigenvalue weighted by atomic mass is 32.2. The summed E-state index contributed by atoms with van der Waals surface area (Å²) in [5, 5.41) is 3.70. The standard InChI is InChI=1S/C16H24N2O2S/c1-3-18-16(15(17)19)10-6-7-12(11-16)21-14-9-5-4-8-13(14)20-2/h4-5,8-9,12,18H,3,6-7,10-11H2,1-2H3,(H2,17,19). The molecular weight excluding hydrogens is 284 g/mol. The number of carbonyl (C=O) groups is 1. The zero-order valence-corrected chi connectivity index (χ0v) is 13.5. The summed E-state index contributed by atoms with van der Waals surface area (Å²) in [7, 11) is 1.69. The van der Waals surface area contributed by atoms with Gasteiger partial charge < -0.3 is 15.8 Å². The highest BCUT2D eigenvalue weighted by molar-refractivity contribution is 8.00. The number of likely N-dealkylation sites (N-methyl/N-ethyl adjacent to an activating group) is 1. The van der Waals surface area contributed by atoms with Crippen molar-refractivity contribution < 1.29 is 9.53 Å². The van der Waals surface area contributed by atoms with Crippen LogP contribution in [0.4, 0.5) is 0 Å². The monoisotopic (exact) mass is 308 g/mol. The van der Waals surface area contributed by atoms with E-state index < -0.39 is 5.54 Å². The molecule has 0 saturated heterocycles. The number of carbonyl (C=O) groups excluding carboxylic acids is 1. The lowest BCUT2D eigenvalue weighted by molar-refractivity contribution is -0.125. The molecule has 2 unspecified atom stereocenters. The number of para-hydroxylation sites is 1. The minimum Gasteiger partial charge on any atom is -0.496 e. The molecule has 21 heavy (non-hydrogen) atoms. The molecule has 1 aromatic rings. The van der Waals surface area contributed by atoms with Gasteiger partial charge in [0.05, 0.1) is 12.6 Å². The molecule has 2 atom stereocenters. The maximum atomic E-state index is 11.9. The molecule has 5 heteroatoms. The Kier molecular flexibility index (Phi) is 5.53. The molecule has 0 heterocycles. The molecule has 3 N–H and O–H groups in total. The number of nitrogens with one attached hydrogen (secondary N) is 1. The van der Waals surface area contributed by atoms with E-state index in [2.05, 4.69) is 11.4 Å². The molecule has 0 bridgehead atoms. The topological polar surface area (TPSA) is 64.3 Å². The van der Waals surface area contributed by atoms with Crippen LogP contribution in [0.5, 0.6) is 5.75 Å². The highest BCUT2D eigenvalue weighted by Crippen LogP contribution is 2.41. The molecule has 1 amide bonds. The third-order valence-electron chi connectivity index (χ3n) is 4.06. The summed E-state index contributed by atoms with van der Waals surface area (Å²) in [6, 6.07) is 8.02. The van der Waals surface area contributed by atoms with Gasteiger partial charge >= 0.3 is 0 Å². The Balaban J connectivity index is 2.12. The van der Waals surface area contributed by atoms with Gasteiger partial charge in [-0.15, -0.1) is 11.8 Å². The Morgan fingerprint density at radius 1 is 1.52 bits per heavy atom. The first-order valence-corrected chi connectivity index (χ1v) is 8.34. The first-order chi connectivity index (χ1) is 10.1. The number of amides is 1. The van der Waals surface area contributed by atoms with Crippen molar-refractivity contribution in [2.24, 2.45) is 5.73 Å². The fourth-order valence-electron chi connectivity index (χ4n) is 3.03. The number of hydrogen-bond acceptors (Lipinski definition) is 4. The predicted molar refractivity (Wildman–Crippen MR) is 86.7 cm³/mol. The summed E-state index contributed by atoms with van der Waals surface area (Å²) in [6.07, 6.45) is 3.73. The molecule has 1 fully saturated rings. The van der Waals surface area contributed by atoms with Crippen LogP contribution in [0, 0.1) is 0 Å². The number of ether oxygens (including phenoxy) is 1. The third kappa shape index (κ3) is 3.71. The molecule has 1 aliphatic rings. The van der Waals surface area contributed by atoms with E-state index in [0.717, 1.165) is 42.9 Å². The van der Waals surface area contributed by atoms with Crippen molar-refractivity contribution in [3.05, 3.63) is 24.3 Å². The van der Waals surface area contributed by atoms with Crippen LogP contribution >= 0.6 is 11.8 Å². The molecule has 116 valence electrons. The molecule has 1 aromatic carbocycles. The van der Waals surface area contributed by atoms with E-state index >= 15 is 0 Å². The van der Waals surface area contributed by atoms with Crippen LogP contribution in [0.15, 0.2) is 29.2 Å². The maximum absolute atomic E-state index is 11.9. The Hall–Kier alpha value is -1.20. The normalized spacial score (nSPS) is 25.5. The van der Waals surface area contributed by atoms with Crippen molar-refractivity contribution in [3.63, 3.8) is 0 Å². The van der Waals surface area contributed by atoms with Crippen molar-refractivity contribution in [2.45, 2.75) is 48.3 Å². The third-order valence-corrected chi connectivity index (χ3v) is 5.38. The van der Waals surface area contributed by atoms with E-state index in [4.69, 9.17) is 10.5 Å². The number of rotatable bonds is 6. The van der Waals surface area contributed by atoms with Crippen LogP contribution in [0.1, 0.15) is 32.6 Å². The summed E-state index contributed by atoms with van der Waals surface area (Å²) in [6.45, 7) is 2.77. The zero-order chi connectivity index (χ0) is 15.3. The van der Waals surface area contributed by atoms with Crippen LogP contribution < -0.4 is 15.8 Å². The largest absolute Gasteiger partial charge is 0.496 e. The molecule has 0 aliphatic heterocycles. The van der Waals surface area contributed by atoms with Gasteiger partial charge in [-0.05, 0) is 44.4 Å². The summed E-state index contributed by atoms with van der Waals surface area (Å²) in [5.41, 5.74) is 5.12. The van der Waals surface area contributed by atoms with Gasteiger partial charge in [-0.1, -0.05) is 19.1 Å². The molecular formula is C16H24N2O2S. The molecule has 2 rings (SSSR count). The Morgan fingerprint density at radius 3 is 2.95 bits per heavy atom. The van der Waals surface area contributed by atoms with Crippen molar-refractivity contribution in [2.75, 3.05) is 13.7 Å². The SMILES string of the molecule is CCNC1(C(N)=O)CCCC(Sc2ccccc2OC)C1. The molecule has 1 aliphatic carbocycles. The van der Waals surface area contributed by atoms with Crippen molar-refractivity contribution in [1.82, 2.24) is 5.32 Å². The minimum absolute atomic E-state index is 0.227. The van der Waals surface area contributed by atoms with E-state index in [1.807, 2.05) is 25.1 Å². The zero-order valence-electron chi connectivity index (χ0n) is 12.7. The fourth-order valence-corrected chi connectivity index (χ4v) is 4.47. The van der Waals surface area contributed by atoms with Gasteiger partial charge in [-0.25, -0.2) is 0 Å². The van der Waals surface area contributed by atoms with Crippen LogP contribution in [0.25, 0.3) is 0 Å². The molecule has 1 saturated carbocycles. The van der Waals surface area contributed by atoms with E-state index in [-0.39, 0.29) is 5.91 Å². The lowest BCUT2D eigenvalue weighted by atomic mass is 9.80. The summed E-state index contributed by atoms with van der Waals surface area (Å²) in [5.74, 6) is 0.663. The number of primary amides is 1. The Morgan fingerprint density at radius 2 is 2.29 bits per heavy atom. The second-order valence-electron chi connectivity index (χ2n) is 5.46. The lowest BCUT2D eigenvalue weighted by Gasteiger charge is -2.39. The molecule has 4 nitrogen and oxygen atoms in total. The summed E-state index contributed by atoms with van der Waals surface area (Å²) >= 11 is 1.79. The quantitative estimate of drug-likeness (QED) is 0.848. The number of benzene rings is 1. The van der Waals surface area contributed by atoms with Gasteiger partial charge in [0, 0.05) is 10.1 Å². The minimum atomic E-state index is -0.549. The van der Waals surface area contributed by atoms with Crippen LogP contribution in [-0.2, 0) is 4.79 Å². The average molecular weight is 308 g/mol. The van der Waals surface area contributed by atoms with Gasteiger partial charge in [0.1, 0.15) is 5.75 Å². The Labute approximate surface area is 130 Å². The van der Waals surface area contributed by atoms with E-state index in [1.54, 1.807) is 18.9 Å². The predicted octanol–water partition coefficient (Wildman–Crippen LogP) is 2.56. The van der Waals surface area contributed by atoms with Gasteiger partial charge in [0.2, 0.25) is 5.91 Å². The summed E-state index contributed by atoms with van der Waals surface area (Å²) < 4.78 is 5.41. The fraction of sp³-hybridized carbons (Fsp3) is 0.562. The van der Waals surface area contributed by atoms with Gasteiger partial charge in [0.25, 0.3) is 0 Å². The maximum Gasteiger partial charge on any atom is 0.237 e. The number of thioether (sulfide) groups is 1. The van der Waals surface area contributed by atoms with E-state index in [9.17, 15) is 4.79 Å². The van der Waals surface area contributed by atoms with Crippen LogP contribution in [-0.4, -0.2) is 30.4 Å². The lowest BCUT2D eigenvalue weighted by Crippen LogP contribution is -2.58. The second-order valence-corrected chi connectivity index (χ2v) is 6.81. The Bertz CT molecular complexity index is 491. The molecule has 0 spiro atoms. The van der Waals surface area contributed by atoms with Crippen molar-refractivity contribution >= 4 is 17.7 Å². The van der Waals surface area contributed by atoms with Crippen molar-refractivity contribution in [3.8, 4) is 5.75 Å². The average Bonchev–Trinajstić information content (AvgIpc) is 2.48. The van der Waals surface area contributed by atoms with E-state index in [1.165, 1.54) is 0 Å². The number of hydrogen-bond donors (Lipinski definition) is 2. The van der Waals surface area contributed by atoms with Crippen LogP contribution in [0.3, 0.4) is 0 Å².